The number of anilines is 2. The fraction of sp³-hybridized carbons (Fsp3) is 0.154. The Labute approximate surface area is 219 Å². The molecule has 212 valence electrons. The SMILES string of the molecule is Oc1c(Nc2ccc(C(F)(F)F)cc2)cc(-c2cccc(OC(F)(F)C(F)F)c2)n1-c1ccc(C(F)(F)F)cc1. The van der Waals surface area contributed by atoms with Crippen LogP contribution in [0.1, 0.15) is 11.1 Å². The number of benzene rings is 3. The molecule has 0 radical (unpaired) electrons. The minimum absolute atomic E-state index is 0.0123. The lowest BCUT2D eigenvalue weighted by Gasteiger charge is -2.17. The van der Waals surface area contributed by atoms with Crippen molar-refractivity contribution >= 4 is 11.4 Å². The Bertz CT molecular complexity index is 1480. The van der Waals surface area contributed by atoms with Crippen LogP contribution in [0.15, 0.2) is 78.9 Å². The quantitative estimate of drug-likeness (QED) is 0.216. The lowest BCUT2D eigenvalue weighted by atomic mass is 10.1. The van der Waals surface area contributed by atoms with E-state index in [-0.39, 0.29) is 28.3 Å². The smallest absolute Gasteiger partial charge is 0.461 e. The van der Waals surface area contributed by atoms with Crippen molar-refractivity contribution in [3.8, 4) is 28.6 Å². The summed E-state index contributed by atoms with van der Waals surface area (Å²) in [6.07, 6.45) is -18.2. The summed E-state index contributed by atoms with van der Waals surface area (Å²) in [7, 11) is 0. The van der Waals surface area contributed by atoms with E-state index in [0.29, 0.717) is 0 Å². The molecule has 14 heteroatoms. The molecule has 2 N–H and O–H groups in total. The van der Waals surface area contributed by atoms with Crippen molar-refractivity contribution in [3.05, 3.63) is 90.0 Å². The zero-order valence-electron chi connectivity index (χ0n) is 19.7. The lowest BCUT2D eigenvalue weighted by Crippen LogP contribution is -2.33. The van der Waals surface area contributed by atoms with E-state index in [0.717, 1.165) is 65.2 Å². The third kappa shape index (κ3) is 6.10. The highest BCUT2D eigenvalue weighted by molar-refractivity contribution is 5.77. The molecule has 40 heavy (non-hydrogen) atoms. The Morgan fingerprint density at radius 1 is 0.725 bits per heavy atom. The van der Waals surface area contributed by atoms with Gasteiger partial charge in [0.05, 0.1) is 16.8 Å². The van der Waals surface area contributed by atoms with Gasteiger partial charge in [0, 0.05) is 16.9 Å². The third-order valence-corrected chi connectivity index (χ3v) is 5.56. The first kappa shape index (κ1) is 28.6. The molecule has 0 atom stereocenters. The topological polar surface area (TPSA) is 46.4 Å². The van der Waals surface area contributed by atoms with Gasteiger partial charge in [0.15, 0.2) is 0 Å². The molecule has 0 bridgehead atoms. The molecule has 0 aliphatic carbocycles. The number of aromatic nitrogens is 1. The monoisotopic (exact) mass is 578 g/mol. The molecule has 4 rings (SSSR count). The Morgan fingerprint density at radius 3 is 1.80 bits per heavy atom. The van der Waals surface area contributed by atoms with E-state index in [2.05, 4.69) is 10.1 Å². The number of ether oxygens (including phenoxy) is 1. The Hall–Kier alpha value is -4.36. The van der Waals surface area contributed by atoms with E-state index >= 15 is 0 Å². The molecular weight excluding hydrogens is 562 g/mol. The van der Waals surface area contributed by atoms with Crippen molar-refractivity contribution in [1.82, 2.24) is 4.57 Å². The number of rotatable bonds is 7. The van der Waals surface area contributed by atoms with Crippen LogP contribution in [0.3, 0.4) is 0 Å². The van der Waals surface area contributed by atoms with Crippen LogP contribution < -0.4 is 10.1 Å². The van der Waals surface area contributed by atoms with Crippen molar-refractivity contribution in [2.24, 2.45) is 0 Å². The molecule has 0 unspecified atom stereocenters. The number of hydrogen-bond acceptors (Lipinski definition) is 3. The van der Waals surface area contributed by atoms with Crippen LogP contribution in [-0.2, 0) is 12.4 Å². The first-order valence-corrected chi connectivity index (χ1v) is 11.1. The van der Waals surface area contributed by atoms with Crippen molar-refractivity contribution in [2.45, 2.75) is 24.9 Å². The molecule has 0 amide bonds. The van der Waals surface area contributed by atoms with Crippen LogP contribution in [-0.4, -0.2) is 22.2 Å². The van der Waals surface area contributed by atoms with Gasteiger partial charge in [-0.25, -0.2) is 0 Å². The molecular formula is C26H16F10N2O2. The number of nitrogens with one attached hydrogen (secondary N) is 1. The molecule has 1 aromatic heterocycles. The Balaban J connectivity index is 1.80. The number of alkyl halides is 10. The summed E-state index contributed by atoms with van der Waals surface area (Å²) in [6, 6.07) is 12.8. The zero-order chi connectivity index (χ0) is 29.5. The molecule has 0 aliphatic heterocycles. The van der Waals surface area contributed by atoms with Gasteiger partial charge in [0.25, 0.3) is 0 Å². The van der Waals surface area contributed by atoms with Crippen LogP contribution in [0.2, 0.25) is 0 Å². The van der Waals surface area contributed by atoms with Crippen molar-refractivity contribution in [2.75, 3.05) is 5.32 Å². The zero-order valence-corrected chi connectivity index (χ0v) is 19.7. The molecule has 4 aromatic rings. The summed E-state index contributed by atoms with van der Waals surface area (Å²) in [6.45, 7) is 0. The normalized spacial score (nSPS) is 12.6. The summed E-state index contributed by atoms with van der Waals surface area (Å²) in [5, 5.41) is 13.7. The number of halogens is 10. The minimum atomic E-state index is -4.83. The van der Waals surface area contributed by atoms with Gasteiger partial charge in [-0.3, -0.25) is 4.57 Å². The maximum Gasteiger partial charge on any atom is 0.461 e. The maximum absolute atomic E-state index is 13.5. The fourth-order valence-corrected chi connectivity index (χ4v) is 3.68. The molecule has 0 aliphatic rings. The first-order valence-electron chi connectivity index (χ1n) is 11.1. The highest BCUT2D eigenvalue weighted by Crippen LogP contribution is 2.41. The Morgan fingerprint density at radius 2 is 1.27 bits per heavy atom. The fourth-order valence-electron chi connectivity index (χ4n) is 3.68. The molecule has 4 nitrogen and oxygen atoms in total. The summed E-state index contributed by atoms with van der Waals surface area (Å²) in [5.41, 5.74) is -2.01. The number of nitrogens with zero attached hydrogens (tertiary/aromatic N) is 1. The van der Waals surface area contributed by atoms with Crippen molar-refractivity contribution < 1.29 is 53.7 Å². The van der Waals surface area contributed by atoms with Crippen LogP contribution in [0, 0.1) is 0 Å². The average molecular weight is 578 g/mol. The molecule has 3 aromatic carbocycles. The summed E-state index contributed by atoms with van der Waals surface area (Å²) < 4.78 is 135. The molecule has 0 spiro atoms. The molecule has 0 saturated carbocycles. The highest BCUT2D eigenvalue weighted by Gasteiger charge is 2.44. The second kappa shape index (κ2) is 10.3. The van der Waals surface area contributed by atoms with Crippen molar-refractivity contribution in [3.63, 3.8) is 0 Å². The highest BCUT2D eigenvalue weighted by atomic mass is 19.4. The van der Waals surface area contributed by atoms with E-state index in [1.165, 1.54) is 18.2 Å². The van der Waals surface area contributed by atoms with Gasteiger partial charge in [0.2, 0.25) is 5.88 Å². The molecule has 0 fully saturated rings. The Kier molecular flexibility index (Phi) is 7.39. The number of aromatic hydroxyl groups is 1. The lowest BCUT2D eigenvalue weighted by molar-refractivity contribution is -0.253. The predicted octanol–water partition coefficient (Wildman–Crippen LogP) is 8.87. The van der Waals surface area contributed by atoms with Crippen molar-refractivity contribution in [1.29, 1.82) is 0 Å². The van der Waals surface area contributed by atoms with Gasteiger partial charge in [-0.1, -0.05) is 12.1 Å². The minimum Gasteiger partial charge on any atom is -0.493 e. The van der Waals surface area contributed by atoms with Gasteiger partial charge < -0.3 is 15.2 Å². The van der Waals surface area contributed by atoms with Gasteiger partial charge in [0.1, 0.15) is 11.4 Å². The van der Waals surface area contributed by atoms with Crippen LogP contribution in [0.4, 0.5) is 55.3 Å². The van der Waals surface area contributed by atoms with Gasteiger partial charge in [-0.15, -0.1) is 0 Å². The third-order valence-electron chi connectivity index (χ3n) is 5.56. The second-order valence-corrected chi connectivity index (χ2v) is 8.34. The van der Waals surface area contributed by atoms with Gasteiger partial charge in [-0.2, -0.15) is 43.9 Å². The molecule has 1 heterocycles. The second-order valence-electron chi connectivity index (χ2n) is 8.34. The van der Waals surface area contributed by atoms with Crippen LogP contribution in [0.25, 0.3) is 16.9 Å². The summed E-state index contributed by atoms with van der Waals surface area (Å²) in [4.78, 5) is 0. The van der Waals surface area contributed by atoms with E-state index in [9.17, 15) is 49.0 Å². The summed E-state index contributed by atoms with van der Waals surface area (Å²) >= 11 is 0. The van der Waals surface area contributed by atoms with Crippen LogP contribution in [0.5, 0.6) is 11.6 Å². The standard InChI is InChI=1S/C26H16F10N2O2/c27-23(28)26(35,36)40-19-3-1-2-14(12-19)21-13-20(37-17-8-4-15(5-9-17)24(29,30)31)22(39)38(21)18-10-6-16(7-11-18)25(32,33)34/h1-13,23,37,39H. The number of hydrogen-bond donors (Lipinski definition) is 2. The molecule has 0 saturated heterocycles. The van der Waals surface area contributed by atoms with E-state index in [4.69, 9.17) is 0 Å². The van der Waals surface area contributed by atoms with Crippen LogP contribution >= 0.6 is 0 Å². The predicted molar refractivity (Wildman–Crippen MR) is 124 cm³/mol. The maximum atomic E-state index is 13.5. The van der Waals surface area contributed by atoms with Gasteiger partial charge >= 0.3 is 24.9 Å². The van der Waals surface area contributed by atoms with Gasteiger partial charge in [-0.05, 0) is 66.7 Å². The first-order chi connectivity index (χ1) is 18.6. The average Bonchev–Trinajstić information content (AvgIpc) is 3.19. The van der Waals surface area contributed by atoms with E-state index < -0.39 is 47.6 Å². The van der Waals surface area contributed by atoms with E-state index in [1.54, 1.807) is 0 Å². The largest absolute Gasteiger partial charge is 0.493 e. The summed E-state index contributed by atoms with van der Waals surface area (Å²) in [5.74, 6) is -1.29. The van der Waals surface area contributed by atoms with E-state index in [1.807, 2.05) is 0 Å².